The number of hydrogen-bond donors (Lipinski definition) is 1. The van der Waals surface area contributed by atoms with Crippen molar-refractivity contribution in [3.05, 3.63) is 54.6 Å². The first-order valence-corrected chi connectivity index (χ1v) is 6.33. The summed E-state index contributed by atoms with van der Waals surface area (Å²) in [5.74, 6) is 0.582. The molecule has 0 fully saturated rings. The molecular weight excluding hydrogens is 251 g/mol. The van der Waals surface area contributed by atoms with Gasteiger partial charge in [-0.3, -0.25) is 0 Å². The molecule has 0 aliphatic heterocycles. The van der Waals surface area contributed by atoms with Crippen LogP contribution in [0, 0.1) is 0 Å². The van der Waals surface area contributed by atoms with Crippen LogP contribution in [-0.4, -0.2) is 12.7 Å². The molecule has 0 spiro atoms. The fraction of sp³-hybridized carbons (Fsp3) is 0. The van der Waals surface area contributed by atoms with Gasteiger partial charge in [-0.15, -0.1) is 0 Å². The smallest absolute Gasteiger partial charge is 0.537 e. The molecule has 0 bridgehead atoms. The van der Waals surface area contributed by atoms with Crippen LogP contribution in [0.1, 0.15) is 0 Å². The van der Waals surface area contributed by atoms with Gasteiger partial charge in [-0.1, -0.05) is 30.3 Å². The summed E-state index contributed by atoms with van der Waals surface area (Å²) < 4.78 is 11.0. The van der Waals surface area contributed by atoms with Crippen molar-refractivity contribution < 1.29 is 14.1 Å². The van der Waals surface area contributed by atoms with Crippen molar-refractivity contribution in [3.63, 3.8) is 0 Å². The van der Waals surface area contributed by atoms with E-state index in [1.54, 1.807) is 6.07 Å². The molecule has 1 radical (unpaired) electrons. The first kappa shape index (κ1) is 11.4. The van der Waals surface area contributed by atoms with Crippen LogP contribution in [-0.2, 0) is 0 Å². The van der Waals surface area contributed by atoms with Gasteiger partial charge in [0, 0.05) is 5.39 Å². The molecule has 3 nitrogen and oxygen atoms in total. The predicted molar refractivity (Wildman–Crippen MR) is 79.8 cm³/mol. The van der Waals surface area contributed by atoms with E-state index in [-0.39, 0.29) is 0 Å². The third kappa shape index (κ3) is 1.59. The first-order chi connectivity index (χ1) is 9.86. The number of benzene rings is 3. The van der Waals surface area contributed by atoms with Crippen molar-refractivity contribution in [1.29, 1.82) is 0 Å². The molecule has 0 aliphatic carbocycles. The van der Waals surface area contributed by atoms with Crippen LogP contribution in [0.2, 0.25) is 0 Å². The van der Waals surface area contributed by atoms with E-state index in [4.69, 9.17) is 14.1 Å². The fourth-order valence-corrected chi connectivity index (χ4v) is 2.63. The summed E-state index contributed by atoms with van der Waals surface area (Å²) >= 11 is 0. The van der Waals surface area contributed by atoms with Gasteiger partial charge in [0.25, 0.3) is 0 Å². The van der Waals surface area contributed by atoms with E-state index < -0.39 is 0 Å². The monoisotopic (exact) mass is 261 g/mol. The summed E-state index contributed by atoms with van der Waals surface area (Å²) in [5.41, 5.74) is 1.56. The average Bonchev–Trinajstić information content (AvgIpc) is 2.83. The molecule has 1 heterocycles. The van der Waals surface area contributed by atoms with Crippen LogP contribution in [0.5, 0.6) is 5.75 Å². The van der Waals surface area contributed by atoms with Gasteiger partial charge in [-0.25, -0.2) is 0 Å². The second-order valence-electron chi connectivity index (χ2n) is 4.65. The molecule has 4 aromatic rings. The summed E-state index contributed by atoms with van der Waals surface area (Å²) in [6.07, 6.45) is 0. The molecule has 0 amide bonds. The molecule has 1 aromatic heterocycles. The largest absolute Gasteiger partial charge is 0.569 e. The van der Waals surface area contributed by atoms with Gasteiger partial charge in [0.15, 0.2) is 0 Å². The second kappa shape index (κ2) is 4.29. The molecule has 0 unspecified atom stereocenters. The minimum absolute atomic E-state index is 0.582. The van der Waals surface area contributed by atoms with Crippen LogP contribution in [0.25, 0.3) is 32.7 Å². The summed E-state index contributed by atoms with van der Waals surface area (Å²) in [4.78, 5) is 0. The van der Waals surface area contributed by atoms with Crippen LogP contribution < -0.4 is 4.65 Å². The van der Waals surface area contributed by atoms with Gasteiger partial charge in [0.2, 0.25) is 0 Å². The zero-order valence-corrected chi connectivity index (χ0v) is 10.5. The molecule has 95 valence electrons. The Labute approximate surface area is 115 Å². The van der Waals surface area contributed by atoms with Crippen LogP contribution in [0.3, 0.4) is 0 Å². The number of fused-ring (bicyclic) bond motifs is 4. The average molecular weight is 261 g/mol. The Morgan fingerprint density at radius 2 is 1.70 bits per heavy atom. The quantitative estimate of drug-likeness (QED) is 0.560. The Kier molecular flexibility index (Phi) is 2.44. The van der Waals surface area contributed by atoms with Crippen LogP contribution in [0.4, 0.5) is 0 Å². The standard InChI is InChI=1S/C16H10BO3/c18-17-20-14-7-3-6-13-16(14)12-8-10-4-1-2-5-11(10)9-15(12)19-13/h1-9,18H. The third-order valence-corrected chi connectivity index (χ3v) is 3.50. The highest BCUT2D eigenvalue weighted by atomic mass is 16.5. The Morgan fingerprint density at radius 3 is 2.50 bits per heavy atom. The van der Waals surface area contributed by atoms with E-state index in [1.807, 2.05) is 30.3 Å². The summed E-state index contributed by atoms with van der Waals surface area (Å²) in [6.45, 7) is 0. The van der Waals surface area contributed by atoms with Crippen LogP contribution in [0.15, 0.2) is 59.0 Å². The molecule has 4 rings (SSSR count). The summed E-state index contributed by atoms with van der Waals surface area (Å²) in [7, 11) is 0.689. The lowest BCUT2D eigenvalue weighted by atomic mass is 10.1. The maximum absolute atomic E-state index is 8.88. The van der Waals surface area contributed by atoms with Crippen molar-refractivity contribution in [2.75, 3.05) is 0 Å². The number of furan rings is 1. The van der Waals surface area contributed by atoms with Gasteiger partial charge in [-0.2, -0.15) is 0 Å². The molecule has 3 aromatic carbocycles. The van der Waals surface area contributed by atoms with E-state index >= 15 is 0 Å². The zero-order valence-electron chi connectivity index (χ0n) is 10.5. The first-order valence-electron chi connectivity index (χ1n) is 6.33. The highest BCUT2D eigenvalue weighted by molar-refractivity contribution is 6.19. The highest BCUT2D eigenvalue weighted by Crippen LogP contribution is 2.37. The predicted octanol–water partition coefficient (Wildman–Crippen LogP) is 3.64. The minimum Gasteiger partial charge on any atom is -0.537 e. The number of hydrogen-bond acceptors (Lipinski definition) is 3. The van der Waals surface area contributed by atoms with Crippen molar-refractivity contribution in [2.24, 2.45) is 0 Å². The molecule has 4 heteroatoms. The van der Waals surface area contributed by atoms with Crippen molar-refractivity contribution in [3.8, 4) is 5.75 Å². The van der Waals surface area contributed by atoms with Gasteiger partial charge in [0.05, 0.1) is 5.39 Å². The van der Waals surface area contributed by atoms with Crippen LogP contribution >= 0.6 is 0 Å². The zero-order chi connectivity index (χ0) is 13.5. The van der Waals surface area contributed by atoms with Gasteiger partial charge in [-0.05, 0) is 35.0 Å². The van der Waals surface area contributed by atoms with Gasteiger partial charge in [0.1, 0.15) is 16.9 Å². The van der Waals surface area contributed by atoms with Gasteiger partial charge >= 0.3 is 7.69 Å². The third-order valence-electron chi connectivity index (χ3n) is 3.50. The highest BCUT2D eigenvalue weighted by Gasteiger charge is 2.12. The fourth-order valence-electron chi connectivity index (χ4n) is 2.63. The summed E-state index contributed by atoms with van der Waals surface area (Å²) in [6, 6.07) is 17.8. The lowest BCUT2D eigenvalue weighted by Crippen LogP contribution is -1.99. The normalized spacial score (nSPS) is 11.2. The van der Waals surface area contributed by atoms with Crippen molar-refractivity contribution in [1.82, 2.24) is 0 Å². The Hall–Kier alpha value is -2.46. The van der Waals surface area contributed by atoms with E-state index in [2.05, 4.69) is 18.2 Å². The lowest BCUT2D eigenvalue weighted by molar-refractivity contribution is 0.456. The molecule has 1 N–H and O–H groups in total. The van der Waals surface area contributed by atoms with Crippen molar-refractivity contribution in [2.45, 2.75) is 0 Å². The molecule has 20 heavy (non-hydrogen) atoms. The maximum Gasteiger partial charge on any atom is 0.569 e. The minimum atomic E-state index is 0.582. The molecular formula is C16H10BO3. The van der Waals surface area contributed by atoms with Crippen molar-refractivity contribution >= 4 is 40.4 Å². The molecule has 0 atom stereocenters. The molecule has 0 saturated carbocycles. The van der Waals surface area contributed by atoms with E-state index in [0.717, 1.165) is 32.7 Å². The Morgan fingerprint density at radius 1 is 0.900 bits per heavy atom. The SMILES string of the molecule is O[B]Oc1cccc2oc3cc4ccccc4cc3c12. The lowest BCUT2D eigenvalue weighted by Gasteiger charge is -2.02. The molecule has 0 aliphatic rings. The van der Waals surface area contributed by atoms with Gasteiger partial charge < -0.3 is 14.1 Å². The topological polar surface area (TPSA) is 42.6 Å². The number of rotatable bonds is 2. The van der Waals surface area contributed by atoms with E-state index in [9.17, 15) is 0 Å². The Balaban J connectivity index is 2.16. The summed E-state index contributed by atoms with van der Waals surface area (Å²) in [5, 5.41) is 13.0. The van der Waals surface area contributed by atoms with E-state index in [1.165, 1.54) is 0 Å². The second-order valence-corrected chi connectivity index (χ2v) is 4.65. The van der Waals surface area contributed by atoms with E-state index in [0.29, 0.717) is 13.4 Å². The Bertz CT molecular complexity index is 927. The molecule has 0 saturated heterocycles. The maximum atomic E-state index is 8.88.